The Bertz CT molecular complexity index is 445. The smallest absolute Gasteiger partial charge is 0.260 e. The van der Waals surface area contributed by atoms with E-state index in [0.29, 0.717) is 19.7 Å². The Morgan fingerprint density at radius 2 is 2.05 bits per heavy atom. The molecule has 1 aromatic rings. The number of methoxy groups -OCH3 is 1. The third-order valence-electron chi connectivity index (χ3n) is 2.65. The SMILES string of the molecule is COCCN(CCCN(C)C)S(=O)(=O)c1ccn[nH]1. The first-order chi connectivity index (χ1) is 8.98. The van der Waals surface area contributed by atoms with Crippen molar-refractivity contribution < 1.29 is 13.2 Å². The summed E-state index contributed by atoms with van der Waals surface area (Å²) in [6.45, 7) is 2.01. The van der Waals surface area contributed by atoms with E-state index in [1.807, 2.05) is 19.0 Å². The fourth-order valence-electron chi connectivity index (χ4n) is 1.63. The summed E-state index contributed by atoms with van der Waals surface area (Å²) >= 11 is 0. The fourth-order valence-corrected chi connectivity index (χ4v) is 3.00. The molecular formula is C11H22N4O3S. The Morgan fingerprint density at radius 1 is 1.32 bits per heavy atom. The number of ether oxygens (including phenoxy) is 1. The van der Waals surface area contributed by atoms with Gasteiger partial charge in [0.25, 0.3) is 10.0 Å². The maximum Gasteiger partial charge on any atom is 0.260 e. The summed E-state index contributed by atoms with van der Waals surface area (Å²) in [5.74, 6) is 0. The molecule has 1 aromatic heterocycles. The van der Waals surface area contributed by atoms with Crippen LogP contribution in [0.4, 0.5) is 0 Å². The number of nitrogens with one attached hydrogen (secondary N) is 1. The molecule has 0 bridgehead atoms. The summed E-state index contributed by atoms with van der Waals surface area (Å²) in [5, 5.41) is 6.31. The maximum atomic E-state index is 12.4. The van der Waals surface area contributed by atoms with Crippen molar-refractivity contribution in [1.82, 2.24) is 19.4 Å². The van der Waals surface area contributed by atoms with Gasteiger partial charge in [-0.2, -0.15) is 9.40 Å². The molecule has 1 heterocycles. The second-order valence-corrected chi connectivity index (χ2v) is 6.38. The molecule has 0 aliphatic carbocycles. The summed E-state index contributed by atoms with van der Waals surface area (Å²) in [5.41, 5.74) is 0. The number of nitrogens with zero attached hydrogens (tertiary/aromatic N) is 3. The predicted molar refractivity (Wildman–Crippen MR) is 72.4 cm³/mol. The highest BCUT2D eigenvalue weighted by atomic mass is 32.2. The number of sulfonamides is 1. The van der Waals surface area contributed by atoms with Crippen LogP contribution >= 0.6 is 0 Å². The van der Waals surface area contributed by atoms with Crippen molar-refractivity contribution in [3.63, 3.8) is 0 Å². The lowest BCUT2D eigenvalue weighted by atomic mass is 10.4. The van der Waals surface area contributed by atoms with E-state index < -0.39 is 10.0 Å². The van der Waals surface area contributed by atoms with Gasteiger partial charge in [-0.3, -0.25) is 5.10 Å². The standard InChI is InChI=1S/C11H22N4O3S/c1-14(2)7-4-8-15(9-10-18-3)19(16,17)11-5-6-12-13-11/h5-6H,4,7-10H2,1-3H3,(H,12,13). The van der Waals surface area contributed by atoms with Gasteiger partial charge in [-0.1, -0.05) is 0 Å². The van der Waals surface area contributed by atoms with Gasteiger partial charge >= 0.3 is 0 Å². The molecule has 7 nitrogen and oxygen atoms in total. The van der Waals surface area contributed by atoms with Crippen molar-refractivity contribution in [2.75, 3.05) is 47.4 Å². The highest BCUT2D eigenvalue weighted by Gasteiger charge is 2.24. The molecule has 0 amide bonds. The molecule has 0 unspecified atom stereocenters. The minimum atomic E-state index is -3.51. The first-order valence-electron chi connectivity index (χ1n) is 6.11. The molecule has 0 aliphatic rings. The number of hydrogen-bond donors (Lipinski definition) is 1. The van der Waals surface area contributed by atoms with Crippen molar-refractivity contribution in [2.24, 2.45) is 0 Å². The molecule has 0 atom stereocenters. The third-order valence-corrected chi connectivity index (χ3v) is 4.48. The number of hydrogen-bond acceptors (Lipinski definition) is 5. The molecule has 110 valence electrons. The van der Waals surface area contributed by atoms with Gasteiger partial charge < -0.3 is 9.64 Å². The molecule has 1 rings (SSSR count). The topological polar surface area (TPSA) is 78.5 Å². The average Bonchev–Trinajstić information content (AvgIpc) is 2.87. The Balaban J connectivity index is 2.72. The van der Waals surface area contributed by atoms with Gasteiger partial charge in [0.2, 0.25) is 0 Å². The summed E-state index contributed by atoms with van der Waals surface area (Å²) in [6.07, 6.45) is 2.20. The van der Waals surface area contributed by atoms with E-state index in [9.17, 15) is 8.42 Å². The number of rotatable bonds is 9. The number of aromatic amines is 1. The lowest BCUT2D eigenvalue weighted by Gasteiger charge is -2.21. The minimum absolute atomic E-state index is 0.119. The molecule has 0 aliphatic heterocycles. The van der Waals surface area contributed by atoms with E-state index in [1.165, 1.54) is 16.6 Å². The van der Waals surface area contributed by atoms with E-state index in [1.54, 1.807) is 7.11 Å². The van der Waals surface area contributed by atoms with E-state index in [4.69, 9.17) is 4.74 Å². The second-order valence-electron chi connectivity index (χ2n) is 4.47. The van der Waals surface area contributed by atoms with Crippen molar-refractivity contribution in [2.45, 2.75) is 11.4 Å². The maximum absolute atomic E-state index is 12.4. The second kappa shape index (κ2) is 7.59. The largest absolute Gasteiger partial charge is 0.383 e. The van der Waals surface area contributed by atoms with Crippen LogP contribution in [-0.2, 0) is 14.8 Å². The molecule has 0 saturated heterocycles. The predicted octanol–water partition coefficient (Wildman–Crippen LogP) is -0.00150. The first kappa shape index (κ1) is 16.1. The zero-order valence-corrected chi connectivity index (χ0v) is 12.5. The molecule has 19 heavy (non-hydrogen) atoms. The highest BCUT2D eigenvalue weighted by molar-refractivity contribution is 7.89. The van der Waals surface area contributed by atoms with Gasteiger partial charge in [0.1, 0.15) is 0 Å². The third kappa shape index (κ3) is 4.90. The Labute approximate surface area is 114 Å². The monoisotopic (exact) mass is 290 g/mol. The van der Waals surface area contributed by atoms with Crippen molar-refractivity contribution >= 4 is 10.0 Å². The van der Waals surface area contributed by atoms with Gasteiger partial charge in [-0.15, -0.1) is 0 Å². The van der Waals surface area contributed by atoms with Gasteiger partial charge in [0, 0.05) is 20.2 Å². The zero-order chi connectivity index (χ0) is 14.3. The first-order valence-corrected chi connectivity index (χ1v) is 7.55. The lowest BCUT2D eigenvalue weighted by Crippen LogP contribution is -2.36. The van der Waals surface area contributed by atoms with Gasteiger partial charge in [-0.05, 0) is 33.1 Å². The number of H-pyrrole nitrogens is 1. The van der Waals surface area contributed by atoms with Crippen LogP contribution in [0.2, 0.25) is 0 Å². The molecule has 0 radical (unpaired) electrons. The normalized spacial score (nSPS) is 12.5. The lowest BCUT2D eigenvalue weighted by molar-refractivity contribution is 0.177. The van der Waals surface area contributed by atoms with Crippen LogP contribution in [0, 0.1) is 0 Å². The zero-order valence-electron chi connectivity index (χ0n) is 11.7. The quantitative estimate of drug-likeness (QED) is 0.692. The summed E-state index contributed by atoms with van der Waals surface area (Å²) < 4.78 is 31.1. The Kier molecular flexibility index (Phi) is 6.43. The Morgan fingerprint density at radius 3 is 2.58 bits per heavy atom. The van der Waals surface area contributed by atoms with Crippen LogP contribution < -0.4 is 0 Å². The van der Waals surface area contributed by atoms with E-state index in [2.05, 4.69) is 10.2 Å². The average molecular weight is 290 g/mol. The molecule has 8 heteroatoms. The van der Waals surface area contributed by atoms with E-state index in [0.717, 1.165) is 13.0 Å². The fraction of sp³-hybridized carbons (Fsp3) is 0.727. The summed E-state index contributed by atoms with van der Waals surface area (Å²) in [6, 6.07) is 1.46. The van der Waals surface area contributed by atoms with Crippen LogP contribution in [0.5, 0.6) is 0 Å². The number of aromatic nitrogens is 2. The van der Waals surface area contributed by atoms with E-state index >= 15 is 0 Å². The van der Waals surface area contributed by atoms with Crippen LogP contribution in [0.25, 0.3) is 0 Å². The summed E-state index contributed by atoms with van der Waals surface area (Å²) in [4.78, 5) is 2.03. The molecule has 0 fully saturated rings. The molecule has 0 saturated carbocycles. The van der Waals surface area contributed by atoms with Crippen LogP contribution in [0.1, 0.15) is 6.42 Å². The minimum Gasteiger partial charge on any atom is -0.383 e. The van der Waals surface area contributed by atoms with Gasteiger partial charge in [0.05, 0.1) is 12.8 Å². The van der Waals surface area contributed by atoms with Gasteiger partial charge in [0.15, 0.2) is 5.03 Å². The van der Waals surface area contributed by atoms with Gasteiger partial charge in [-0.25, -0.2) is 8.42 Å². The Hall–Kier alpha value is -0.960. The summed E-state index contributed by atoms with van der Waals surface area (Å²) in [7, 11) is 1.97. The van der Waals surface area contributed by atoms with Crippen molar-refractivity contribution in [1.29, 1.82) is 0 Å². The molecular weight excluding hydrogens is 268 g/mol. The van der Waals surface area contributed by atoms with Crippen LogP contribution in [0.15, 0.2) is 17.3 Å². The van der Waals surface area contributed by atoms with Crippen molar-refractivity contribution in [3.8, 4) is 0 Å². The van der Waals surface area contributed by atoms with Crippen LogP contribution in [-0.4, -0.2) is 75.3 Å². The molecule has 0 spiro atoms. The molecule has 0 aromatic carbocycles. The van der Waals surface area contributed by atoms with E-state index in [-0.39, 0.29) is 5.03 Å². The highest BCUT2D eigenvalue weighted by Crippen LogP contribution is 2.12. The molecule has 1 N–H and O–H groups in total. The van der Waals surface area contributed by atoms with Crippen LogP contribution in [0.3, 0.4) is 0 Å². The van der Waals surface area contributed by atoms with Crippen molar-refractivity contribution in [3.05, 3.63) is 12.3 Å².